The standard InChI is InChI=1S/C13H12F3NO3/c1-3-8-5-10(12(18)19-4-2)11(6-9(8)7-17)20-13(14,15)16/h5-6H,3-4H2,1-2H3. The molecule has 0 fully saturated rings. The van der Waals surface area contributed by atoms with Crippen LogP contribution in [0.5, 0.6) is 5.75 Å². The van der Waals surface area contributed by atoms with Crippen molar-refractivity contribution in [3.8, 4) is 11.8 Å². The summed E-state index contributed by atoms with van der Waals surface area (Å²) in [4.78, 5) is 11.7. The van der Waals surface area contributed by atoms with E-state index in [4.69, 9.17) is 5.26 Å². The van der Waals surface area contributed by atoms with E-state index in [2.05, 4.69) is 9.47 Å². The summed E-state index contributed by atoms with van der Waals surface area (Å²) in [5.74, 6) is -1.66. The van der Waals surface area contributed by atoms with Gasteiger partial charge in [0.25, 0.3) is 0 Å². The fourth-order valence-corrected chi connectivity index (χ4v) is 1.60. The summed E-state index contributed by atoms with van der Waals surface area (Å²) < 4.78 is 45.5. The summed E-state index contributed by atoms with van der Waals surface area (Å²) in [6.45, 7) is 3.27. The van der Waals surface area contributed by atoms with Crippen molar-refractivity contribution in [2.45, 2.75) is 26.6 Å². The van der Waals surface area contributed by atoms with E-state index in [-0.39, 0.29) is 17.7 Å². The summed E-state index contributed by atoms with van der Waals surface area (Å²) in [7, 11) is 0. The molecule has 0 atom stereocenters. The molecule has 4 nitrogen and oxygen atoms in total. The van der Waals surface area contributed by atoms with Gasteiger partial charge in [0.1, 0.15) is 11.3 Å². The second-order valence-corrected chi connectivity index (χ2v) is 3.74. The Bertz CT molecular complexity index is 547. The minimum absolute atomic E-state index is 0.0196. The maximum Gasteiger partial charge on any atom is 0.573 e. The summed E-state index contributed by atoms with van der Waals surface area (Å²) in [6, 6.07) is 3.86. The van der Waals surface area contributed by atoms with Gasteiger partial charge in [-0.2, -0.15) is 5.26 Å². The number of benzene rings is 1. The van der Waals surface area contributed by atoms with Crippen LogP contribution in [0.15, 0.2) is 12.1 Å². The number of nitriles is 1. The van der Waals surface area contributed by atoms with Gasteiger partial charge in [-0.1, -0.05) is 6.92 Å². The van der Waals surface area contributed by atoms with Crippen LogP contribution < -0.4 is 4.74 Å². The lowest BCUT2D eigenvalue weighted by molar-refractivity contribution is -0.274. The van der Waals surface area contributed by atoms with Crippen molar-refractivity contribution in [1.29, 1.82) is 5.26 Å². The molecule has 108 valence electrons. The Hall–Kier alpha value is -2.23. The van der Waals surface area contributed by atoms with Crippen molar-refractivity contribution < 1.29 is 27.4 Å². The van der Waals surface area contributed by atoms with E-state index in [0.29, 0.717) is 12.0 Å². The van der Waals surface area contributed by atoms with Gasteiger partial charge in [-0.15, -0.1) is 13.2 Å². The van der Waals surface area contributed by atoms with Crippen LogP contribution in [0.4, 0.5) is 13.2 Å². The highest BCUT2D eigenvalue weighted by molar-refractivity contribution is 5.93. The van der Waals surface area contributed by atoms with E-state index in [9.17, 15) is 18.0 Å². The lowest BCUT2D eigenvalue weighted by Crippen LogP contribution is -2.20. The fourth-order valence-electron chi connectivity index (χ4n) is 1.60. The highest BCUT2D eigenvalue weighted by atomic mass is 19.4. The molecule has 1 aromatic carbocycles. The Morgan fingerprint density at radius 2 is 2.00 bits per heavy atom. The van der Waals surface area contributed by atoms with Crippen molar-refractivity contribution in [2.24, 2.45) is 0 Å². The molecule has 1 aromatic rings. The molecule has 20 heavy (non-hydrogen) atoms. The largest absolute Gasteiger partial charge is 0.573 e. The zero-order chi connectivity index (χ0) is 15.3. The van der Waals surface area contributed by atoms with Crippen LogP contribution in [0.1, 0.15) is 35.3 Å². The predicted molar refractivity (Wildman–Crippen MR) is 63.2 cm³/mol. The topological polar surface area (TPSA) is 59.3 Å². The molecule has 0 aliphatic carbocycles. The molecular formula is C13H12F3NO3. The van der Waals surface area contributed by atoms with Gasteiger partial charge in [0.05, 0.1) is 18.2 Å². The van der Waals surface area contributed by atoms with Gasteiger partial charge in [0.15, 0.2) is 0 Å². The fraction of sp³-hybridized carbons (Fsp3) is 0.385. The Kier molecular flexibility index (Phi) is 4.97. The van der Waals surface area contributed by atoms with Gasteiger partial charge in [-0.05, 0) is 31.0 Å². The molecule has 7 heteroatoms. The number of hydrogen-bond donors (Lipinski definition) is 0. The van der Waals surface area contributed by atoms with Gasteiger partial charge in [-0.3, -0.25) is 0 Å². The van der Waals surface area contributed by atoms with E-state index < -0.39 is 18.1 Å². The minimum Gasteiger partial charge on any atom is -0.462 e. The Balaban J connectivity index is 3.37. The SMILES string of the molecule is CCOC(=O)c1cc(CC)c(C#N)cc1OC(F)(F)F. The Labute approximate surface area is 113 Å². The second-order valence-electron chi connectivity index (χ2n) is 3.74. The third kappa shape index (κ3) is 3.88. The zero-order valence-electron chi connectivity index (χ0n) is 10.9. The van der Waals surface area contributed by atoms with Crippen molar-refractivity contribution in [3.63, 3.8) is 0 Å². The minimum atomic E-state index is -4.96. The summed E-state index contributed by atoms with van der Waals surface area (Å²) in [6.07, 6.45) is -4.57. The molecule has 0 saturated heterocycles. The molecule has 0 spiro atoms. The first-order valence-corrected chi connectivity index (χ1v) is 5.82. The average Bonchev–Trinajstić information content (AvgIpc) is 2.36. The molecule has 0 bridgehead atoms. The first-order chi connectivity index (χ1) is 9.32. The summed E-state index contributed by atoms with van der Waals surface area (Å²) in [5.41, 5.74) is 0.130. The van der Waals surface area contributed by atoms with E-state index >= 15 is 0 Å². The molecular weight excluding hydrogens is 275 g/mol. The van der Waals surface area contributed by atoms with Crippen LogP contribution in [0.3, 0.4) is 0 Å². The van der Waals surface area contributed by atoms with Crippen molar-refractivity contribution in [2.75, 3.05) is 6.61 Å². The molecule has 0 aromatic heterocycles. The van der Waals surface area contributed by atoms with Crippen LogP contribution in [-0.2, 0) is 11.2 Å². The molecule has 0 saturated carbocycles. The lowest BCUT2D eigenvalue weighted by Gasteiger charge is -2.14. The Morgan fingerprint density at radius 1 is 1.35 bits per heavy atom. The summed E-state index contributed by atoms with van der Waals surface area (Å²) >= 11 is 0. The van der Waals surface area contributed by atoms with Gasteiger partial charge in [0.2, 0.25) is 0 Å². The molecule has 0 N–H and O–H groups in total. The smallest absolute Gasteiger partial charge is 0.462 e. The maximum atomic E-state index is 12.3. The zero-order valence-corrected chi connectivity index (χ0v) is 10.9. The average molecular weight is 287 g/mol. The van der Waals surface area contributed by atoms with Crippen LogP contribution in [-0.4, -0.2) is 18.9 Å². The first kappa shape index (κ1) is 15.8. The number of aryl methyl sites for hydroxylation is 1. The van der Waals surface area contributed by atoms with Gasteiger partial charge in [0, 0.05) is 0 Å². The van der Waals surface area contributed by atoms with Gasteiger partial charge >= 0.3 is 12.3 Å². The first-order valence-electron chi connectivity index (χ1n) is 5.82. The highest BCUT2D eigenvalue weighted by Crippen LogP contribution is 2.30. The van der Waals surface area contributed by atoms with Crippen LogP contribution in [0.25, 0.3) is 0 Å². The van der Waals surface area contributed by atoms with Crippen molar-refractivity contribution in [1.82, 2.24) is 0 Å². The molecule has 0 heterocycles. The van der Waals surface area contributed by atoms with Crippen LogP contribution >= 0.6 is 0 Å². The predicted octanol–water partition coefficient (Wildman–Crippen LogP) is 3.20. The number of halogens is 3. The molecule has 0 aliphatic heterocycles. The number of alkyl halides is 3. The van der Waals surface area contributed by atoms with E-state index in [0.717, 1.165) is 6.07 Å². The van der Waals surface area contributed by atoms with Gasteiger partial charge in [-0.25, -0.2) is 4.79 Å². The molecule has 1 rings (SSSR count). The quantitative estimate of drug-likeness (QED) is 0.798. The summed E-state index contributed by atoms with van der Waals surface area (Å²) in [5, 5.41) is 8.90. The molecule has 0 aliphatic rings. The van der Waals surface area contributed by atoms with E-state index in [1.54, 1.807) is 13.0 Å². The van der Waals surface area contributed by atoms with Crippen molar-refractivity contribution in [3.05, 3.63) is 28.8 Å². The number of carbonyl (C=O) groups excluding carboxylic acids is 1. The number of nitrogens with zero attached hydrogens (tertiary/aromatic N) is 1. The number of rotatable bonds is 4. The maximum absolute atomic E-state index is 12.3. The monoisotopic (exact) mass is 287 g/mol. The van der Waals surface area contributed by atoms with Crippen LogP contribution in [0.2, 0.25) is 0 Å². The Morgan fingerprint density at radius 3 is 2.45 bits per heavy atom. The number of hydrogen-bond acceptors (Lipinski definition) is 4. The third-order valence-corrected chi connectivity index (χ3v) is 2.43. The second kappa shape index (κ2) is 6.28. The lowest BCUT2D eigenvalue weighted by atomic mass is 10.0. The van der Waals surface area contributed by atoms with E-state index in [1.165, 1.54) is 13.0 Å². The number of ether oxygens (including phenoxy) is 2. The highest BCUT2D eigenvalue weighted by Gasteiger charge is 2.33. The third-order valence-electron chi connectivity index (χ3n) is 2.43. The normalized spacial score (nSPS) is 10.8. The molecule has 0 unspecified atom stereocenters. The van der Waals surface area contributed by atoms with Gasteiger partial charge < -0.3 is 9.47 Å². The van der Waals surface area contributed by atoms with Crippen molar-refractivity contribution >= 4 is 5.97 Å². The molecule has 0 radical (unpaired) electrons. The van der Waals surface area contributed by atoms with E-state index in [1.807, 2.05) is 0 Å². The number of carbonyl (C=O) groups is 1. The number of esters is 1. The van der Waals surface area contributed by atoms with Crippen LogP contribution in [0, 0.1) is 11.3 Å². The molecule has 0 amide bonds.